The second-order valence-electron chi connectivity index (χ2n) is 8.30. The Morgan fingerprint density at radius 3 is 1.97 bits per heavy atom. The van der Waals surface area contributed by atoms with Gasteiger partial charge in [0, 0.05) is 28.0 Å². The van der Waals surface area contributed by atoms with Gasteiger partial charge >= 0.3 is 0 Å². The summed E-state index contributed by atoms with van der Waals surface area (Å²) in [5, 5.41) is 4.34. The standard InChI is InChI=1S/C23H24Cl2N2O4/c1-16(28)27(10-11-30-19-6-2-17(24)3-7-19)23-13-22(14-23,15-23)26-21(29)12-31-20-8-4-18(25)5-9-20/h2-9H,10-15H2,1H3,(H,26,29). The van der Waals surface area contributed by atoms with E-state index in [1.807, 2.05) is 4.90 Å². The zero-order valence-electron chi connectivity index (χ0n) is 17.2. The maximum Gasteiger partial charge on any atom is 0.258 e. The monoisotopic (exact) mass is 462 g/mol. The Morgan fingerprint density at radius 2 is 1.45 bits per heavy atom. The molecule has 0 atom stereocenters. The molecule has 2 amide bonds. The lowest BCUT2D eigenvalue weighted by Gasteiger charge is -2.73. The van der Waals surface area contributed by atoms with Crippen molar-refractivity contribution in [2.24, 2.45) is 0 Å². The number of carbonyl (C=O) groups is 2. The van der Waals surface area contributed by atoms with Crippen LogP contribution in [-0.2, 0) is 9.59 Å². The van der Waals surface area contributed by atoms with E-state index in [0.717, 1.165) is 25.0 Å². The Bertz CT molecular complexity index is 943. The van der Waals surface area contributed by atoms with Gasteiger partial charge in [0.25, 0.3) is 5.91 Å². The molecule has 2 bridgehead atoms. The number of hydrogen-bond acceptors (Lipinski definition) is 4. The van der Waals surface area contributed by atoms with Gasteiger partial charge in [-0.05, 0) is 67.8 Å². The van der Waals surface area contributed by atoms with Crippen molar-refractivity contribution in [3.8, 4) is 11.5 Å². The molecule has 0 unspecified atom stereocenters. The molecule has 1 N–H and O–H groups in total. The third kappa shape index (κ3) is 4.75. The zero-order chi connectivity index (χ0) is 22.1. The van der Waals surface area contributed by atoms with Gasteiger partial charge in [0.15, 0.2) is 6.61 Å². The highest BCUT2D eigenvalue weighted by Gasteiger charge is 2.71. The number of nitrogens with one attached hydrogen (secondary N) is 1. The molecule has 0 heterocycles. The number of ether oxygens (including phenoxy) is 2. The van der Waals surface area contributed by atoms with Crippen molar-refractivity contribution in [1.29, 1.82) is 0 Å². The number of benzene rings is 2. The SMILES string of the molecule is CC(=O)N(CCOc1ccc(Cl)cc1)C12CC(NC(=O)COc3ccc(Cl)cc3)(C1)C2. The highest BCUT2D eigenvalue weighted by atomic mass is 35.5. The summed E-state index contributed by atoms with van der Waals surface area (Å²) in [6, 6.07) is 14.0. The van der Waals surface area contributed by atoms with Gasteiger partial charge in [-0.3, -0.25) is 9.59 Å². The molecule has 2 aromatic rings. The maximum atomic E-state index is 12.3. The van der Waals surface area contributed by atoms with E-state index in [2.05, 4.69) is 5.32 Å². The van der Waals surface area contributed by atoms with E-state index in [1.54, 1.807) is 55.5 Å². The molecule has 3 fully saturated rings. The molecule has 0 aromatic heterocycles. The van der Waals surface area contributed by atoms with Gasteiger partial charge in [0.1, 0.15) is 18.1 Å². The molecule has 3 aliphatic rings. The lowest BCUT2D eigenvalue weighted by atomic mass is 9.43. The summed E-state index contributed by atoms with van der Waals surface area (Å²) in [6.45, 7) is 2.43. The van der Waals surface area contributed by atoms with Gasteiger partial charge in [-0.1, -0.05) is 23.2 Å². The van der Waals surface area contributed by atoms with E-state index >= 15 is 0 Å². The van der Waals surface area contributed by atoms with Crippen molar-refractivity contribution in [3.05, 3.63) is 58.6 Å². The number of halogens is 2. The molecule has 31 heavy (non-hydrogen) atoms. The molecule has 0 spiro atoms. The minimum absolute atomic E-state index is 0.0189. The molecule has 0 aliphatic heterocycles. The molecule has 6 nitrogen and oxygen atoms in total. The molecule has 2 aromatic carbocycles. The highest BCUT2D eigenvalue weighted by molar-refractivity contribution is 6.30. The second-order valence-corrected chi connectivity index (χ2v) is 9.17. The van der Waals surface area contributed by atoms with E-state index in [1.165, 1.54) is 0 Å². The Morgan fingerprint density at radius 1 is 0.935 bits per heavy atom. The lowest BCUT2D eigenvalue weighted by Crippen LogP contribution is -2.84. The van der Waals surface area contributed by atoms with Crippen LogP contribution in [0.25, 0.3) is 0 Å². The number of hydrogen-bond donors (Lipinski definition) is 1. The predicted octanol–water partition coefficient (Wildman–Crippen LogP) is 4.09. The summed E-state index contributed by atoms with van der Waals surface area (Å²) >= 11 is 11.7. The Labute approximate surface area is 191 Å². The third-order valence-electron chi connectivity index (χ3n) is 5.94. The average Bonchev–Trinajstić information content (AvgIpc) is 2.68. The van der Waals surface area contributed by atoms with Crippen molar-refractivity contribution in [1.82, 2.24) is 10.2 Å². The van der Waals surface area contributed by atoms with Gasteiger partial charge in [-0.15, -0.1) is 0 Å². The average molecular weight is 463 g/mol. The van der Waals surface area contributed by atoms with Crippen LogP contribution in [0.3, 0.4) is 0 Å². The minimum Gasteiger partial charge on any atom is -0.492 e. The molecular weight excluding hydrogens is 439 g/mol. The van der Waals surface area contributed by atoms with Crippen molar-refractivity contribution < 1.29 is 19.1 Å². The van der Waals surface area contributed by atoms with Gasteiger partial charge in [0.2, 0.25) is 5.91 Å². The molecule has 0 saturated heterocycles. The lowest BCUT2D eigenvalue weighted by molar-refractivity contribution is -0.191. The summed E-state index contributed by atoms with van der Waals surface area (Å²) in [5.74, 6) is 1.17. The van der Waals surface area contributed by atoms with Crippen molar-refractivity contribution in [2.45, 2.75) is 37.3 Å². The number of carbonyl (C=O) groups excluding carboxylic acids is 2. The van der Waals surface area contributed by atoms with Gasteiger partial charge in [-0.25, -0.2) is 0 Å². The molecule has 3 aliphatic carbocycles. The highest BCUT2D eigenvalue weighted by Crippen LogP contribution is 2.63. The largest absolute Gasteiger partial charge is 0.492 e. The first kappa shape index (κ1) is 21.8. The Kier molecular flexibility index (Phi) is 6.04. The molecule has 5 rings (SSSR count). The van der Waals surface area contributed by atoms with Crippen LogP contribution in [0.15, 0.2) is 48.5 Å². The summed E-state index contributed by atoms with van der Waals surface area (Å²) in [4.78, 5) is 26.4. The van der Waals surface area contributed by atoms with E-state index in [4.69, 9.17) is 32.7 Å². The molecule has 0 radical (unpaired) electrons. The van der Waals surface area contributed by atoms with E-state index in [-0.39, 0.29) is 29.5 Å². The van der Waals surface area contributed by atoms with Crippen LogP contribution in [0.5, 0.6) is 11.5 Å². The fourth-order valence-corrected chi connectivity index (χ4v) is 4.93. The number of amides is 2. The van der Waals surface area contributed by atoms with Crippen LogP contribution < -0.4 is 14.8 Å². The summed E-state index contributed by atoms with van der Waals surface area (Å²) in [6.07, 6.45) is 2.27. The van der Waals surface area contributed by atoms with Gasteiger partial charge < -0.3 is 19.7 Å². The minimum atomic E-state index is -0.231. The van der Waals surface area contributed by atoms with E-state index in [9.17, 15) is 9.59 Å². The molecule has 3 saturated carbocycles. The predicted molar refractivity (Wildman–Crippen MR) is 119 cm³/mol. The van der Waals surface area contributed by atoms with Crippen LogP contribution in [-0.4, -0.2) is 47.6 Å². The second kappa shape index (κ2) is 8.60. The van der Waals surface area contributed by atoms with Crippen LogP contribution in [0.2, 0.25) is 10.0 Å². The first-order valence-electron chi connectivity index (χ1n) is 10.2. The van der Waals surface area contributed by atoms with Crippen LogP contribution in [0, 0.1) is 0 Å². The fraction of sp³-hybridized carbons (Fsp3) is 0.391. The fourth-order valence-electron chi connectivity index (χ4n) is 4.68. The van der Waals surface area contributed by atoms with Crippen LogP contribution in [0.1, 0.15) is 26.2 Å². The number of rotatable bonds is 9. The topological polar surface area (TPSA) is 67.9 Å². The van der Waals surface area contributed by atoms with Gasteiger partial charge in [-0.2, -0.15) is 0 Å². The summed E-state index contributed by atoms with van der Waals surface area (Å²) in [5.41, 5.74) is -0.412. The van der Waals surface area contributed by atoms with Crippen molar-refractivity contribution in [2.75, 3.05) is 19.8 Å². The third-order valence-corrected chi connectivity index (χ3v) is 6.44. The Balaban J connectivity index is 1.23. The Hall–Kier alpha value is -2.44. The number of nitrogens with zero attached hydrogens (tertiary/aromatic N) is 1. The smallest absolute Gasteiger partial charge is 0.258 e. The summed E-state index contributed by atoms with van der Waals surface area (Å²) in [7, 11) is 0. The van der Waals surface area contributed by atoms with Gasteiger partial charge in [0.05, 0.1) is 6.54 Å². The van der Waals surface area contributed by atoms with Crippen LogP contribution >= 0.6 is 23.2 Å². The van der Waals surface area contributed by atoms with Crippen LogP contribution in [0.4, 0.5) is 0 Å². The quantitative estimate of drug-likeness (QED) is 0.609. The summed E-state index contributed by atoms with van der Waals surface area (Å²) < 4.78 is 11.3. The van der Waals surface area contributed by atoms with Crippen molar-refractivity contribution in [3.63, 3.8) is 0 Å². The van der Waals surface area contributed by atoms with Crippen molar-refractivity contribution >= 4 is 35.0 Å². The first-order chi connectivity index (χ1) is 14.8. The first-order valence-corrected chi connectivity index (χ1v) is 10.9. The molecular formula is C23H24Cl2N2O4. The molecule has 8 heteroatoms. The van der Waals surface area contributed by atoms with E-state index < -0.39 is 0 Å². The molecule has 164 valence electrons. The van der Waals surface area contributed by atoms with E-state index in [0.29, 0.717) is 28.9 Å². The maximum absolute atomic E-state index is 12.3. The zero-order valence-corrected chi connectivity index (χ0v) is 18.7. The normalized spacial score (nSPS) is 23.2.